The summed E-state index contributed by atoms with van der Waals surface area (Å²) in [4.78, 5) is 25.0. The van der Waals surface area contributed by atoms with E-state index in [4.69, 9.17) is 0 Å². The second kappa shape index (κ2) is 6.21. The summed E-state index contributed by atoms with van der Waals surface area (Å²) >= 11 is 1.70. The molecule has 0 spiro atoms. The van der Waals surface area contributed by atoms with Crippen molar-refractivity contribution in [3.8, 4) is 10.4 Å². The molecular weight excluding hydrogens is 360 g/mol. The van der Waals surface area contributed by atoms with Gasteiger partial charge in [-0.3, -0.25) is 14.7 Å². The number of anilines is 1. The van der Waals surface area contributed by atoms with E-state index in [0.717, 1.165) is 21.3 Å². The van der Waals surface area contributed by atoms with E-state index in [2.05, 4.69) is 39.0 Å². The van der Waals surface area contributed by atoms with Crippen LogP contribution in [0.4, 0.5) is 5.69 Å². The van der Waals surface area contributed by atoms with Crippen molar-refractivity contribution in [3.05, 3.63) is 48.7 Å². The molecule has 2 aromatic carbocycles. The number of H-pyrrole nitrogens is 1. The van der Waals surface area contributed by atoms with Crippen LogP contribution in [0.15, 0.2) is 48.7 Å². The highest BCUT2D eigenvalue weighted by Crippen LogP contribution is 2.38. The van der Waals surface area contributed by atoms with Crippen LogP contribution in [0.1, 0.15) is 12.8 Å². The van der Waals surface area contributed by atoms with Gasteiger partial charge in [-0.05, 0) is 36.1 Å². The van der Waals surface area contributed by atoms with E-state index >= 15 is 0 Å². The number of carbonyl (C=O) groups excluding carboxylic acids is 2. The number of aromatic nitrogens is 2. The molecule has 0 radical (unpaired) electrons. The molecule has 4 aromatic rings. The van der Waals surface area contributed by atoms with Gasteiger partial charge in [0.1, 0.15) is 6.04 Å². The van der Waals surface area contributed by atoms with Crippen molar-refractivity contribution >= 4 is 49.8 Å². The van der Waals surface area contributed by atoms with E-state index in [1.165, 1.54) is 10.1 Å². The summed E-state index contributed by atoms with van der Waals surface area (Å²) in [7, 11) is 0. The number of hydrogen-bond acceptors (Lipinski definition) is 4. The molecule has 0 bridgehead atoms. The van der Waals surface area contributed by atoms with E-state index in [-0.39, 0.29) is 11.8 Å². The summed E-state index contributed by atoms with van der Waals surface area (Å²) in [5.41, 5.74) is 2.63. The molecule has 1 aliphatic heterocycles. The topological polar surface area (TPSA) is 86.9 Å². The van der Waals surface area contributed by atoms with Crippen molar-refractivity contribution in [1.29, 1.82) is 0 Å². The average Bonchev–Trinajstić information content (AvgIpc) is 3.39. The zero-order valence-corrected chi connectivity index (χ0v) is 15.1. The molecule has 1 aliphatic rings. The Bertz CT molecular complexity index is 1160. The van der Waals surface area contributed by atoms with Crippen molar-refractivity contribution < 1.29 is 9.59 Å². The number of nitrogens with one attached hydrogen (secondary N) is 3. The van der Waals surface area contributed by atoms with E-state index in [1.54, 1.807) is 17.5 Å². The average molecular weight is 376 g/mol. The summed E-state index contributed by atoms with van der Waals surface area (Å²) in [6, 6.07) is 13.8. The lowest BCUT2D eigenvalue weighted by Gasteiger charge is -2.12. The highest BCUT2D eigenvalue weighted by molar-refractivity contribution is 7.22. The fourth-order valence-corrected chi connectivity index (χ4v) is 4.56. The maximum absolute atomic E-state index is 12.5. The Labute approximate surface area is 158 Å². The highest BCUT2D eigenvalue weighted by atomic mass is 32.1. The van der Waals surface area contributed by atoms with Gasteiger partial charge in [-0.25, -0.2) is 0 Å². The summed E-state index contributed by atoms with van der Waals surface area (Å²) in [5.74, 6) is -0.266. The lowest BCUT2D eigenvalue weighted by atomic mass is 10.1. The van der Waals surface area contributed by atoms with E-state index in [1.807, 2.05) is 24.3 Å². The van der Waals surface area contributed by atoms with Crippen LogP contribution in [-0.2, 0) is 9.59 Å². The Morgan fingerprint density at radius 3 is 2.89 bits per heavy atom. The summed E-state index contributed by atoms with van der Waals surface area (Å²) in [6.07, 6.45) is 2.67. The molecule has 5 rings (SSSR count). The zero-order valence-electron chi connectivity index (χ0n) is 14.3. The third-order valence-corrected chi connectivity index (χ3v) is 5.97. The smallest absolute Gasteiger partial charge is 0.246 e. The molecule has 1 atom stereocenters. The van der Waals surface area contributed by atoms with Crippen molar-refractivity contribution in [1.82, 2.24) is 15.5 Å². The van der Waals surface area contributed by atoms with Crippen LogP contribution in [0, 0.1) is 0 Å². The molecule has 1 saturated heterocycles. The van der Waals surface area contributed by atoms with Crippen LogP contribution in [0.2, 0.25) is 0 Å². The standard InChI is InChI=1S/C20H16N4O2S/c25-18-6-5-15(23-18)20(26)22-13-7-12-10-21-24-19(12)14(9-13)17-8-11-3-1-2-4-16(11)27-17/h1-4,7-10,15H,5-6H2,(H,21,24)(H,22,26)(H,23,25)/t15-/m0/s1. The molecule has 0 aliphatic carbocycles. The zero-order chi connectivity index (χ0) is 18.4. The minimum Gasteiger partial charge on any atom is -0.344 e. The monoisotopic (exact) mass is 376 g/mol. The first-order valence-electron chi connectivity index (χ1n) is 8.74. The Morgan fingerprint density at radius 2 is 2.07 bits per heavy atom. The van der Waals surface area contributed by atoms with Crippen LogP contribution in [0.25, 0.3) is 31.4 Å². The summed E-state index contributed by atoms with van der Waals surface area (Å²) in [6.45, 7) is 0. The first-order chi connectivity index (χ1) is 13.2. The third-order valence-electron chi connectivity index (χ3n) is 4.82. The van der Waals surface area contributed by atoms with Gasteiger partial charge in [0.2, 0.25) is 11.8 Å². The molecule has 2 amide bonds. The SMILES string of the molecule is O=C1CC[C@@H](C(=O)Nc2cc(-c3cc4ccccc4s3)c3[nH]ncc3c2)N1. The van der Waals surface area contributed by atoms with Crippen molar-refractivity contribution in [2.75, 3.05) is 5.32 Å². The fourth-order valence-electron chi connectivity index (χ4n) is 3.48. The van der Waals surface area contributed by atoms with Gasteiger partial charge in [0.15, 0.2) is 0 Å². The van der Waals surface area contributed by atoms with Gasteiger partial charge in [-0.1, -0.05) is 18.2 Å². The van der Waals surface area contributed by atoms with Gasteiger partial charge >= 0.3 is 0 Å². The number of hydrogen-bond donors (Lipinski definition) is 3. The number of benzene rings is 2. The lowest BCUT2D eigenvalue weighted by Crippen LogP contribution is -2.37. The van der Waals surface area contributed by atoms with Crippen LogP contribution in [0.5, 0.6) is 0 Å². The molecule has 6 nitrogen and oxygen atoms in total. The number of amides is 2. The first-order valence-corrected chi connectivity index (χ1v) is 9.55. The van der Waals surface area contributed by atoms with Crippen molar-refractivity contribution in [2.45, 2.75) is 18.9 Å². The van der Waals surface area contributed by atoms with Gasteiger partial charge in [0, 0.05) is 32.6 Å². The fraction of sp³-hybridized carbons (Fsp3) is 0.150. The summed E-state index contributed by atoms with van der Waals surface area (Å²) in [5, 5.41) is 15.0. The van der Waals surface area contributed by atoms with E-state index in [9.17, 15) is 9.59 Å². The first kappa shape index (κ1) is 16.0. The predicted molar refractivity (Wildman–Crippen MR) is 107 cm³/mol. The Balaban J connectivity index is 1.55. The van der Waals surface area contributed by atoms with Gasteiger partial charge in [0.25, 0.3) is 0 Å². The van der Waals surface area contributed by atoms with Crippen molar-refractivity contribution in [3.63, 3.8) is 0 Å². The number of nitrogens with zero attached hydrogens (tertiary/aromatic N) is 1. The minimum absolute atomic E-state index is 0.0774. The maximum Gasteiger partial charge on any atom is 0.246 e. The molecule has 2 aromatic heterocycles. The lowest BCUT2D eigenvalue weighted by molar-refractivity contribution is -0.122. The quantitative estimate of drug-likeness (QED) is 0.510. The van der Waals surface area contributed by atoms with E-state index < -0.39 is 6.04 Å². The molecule has 0 saturated carbocycles. The molecule has 3 N–H and O–H groups in total. The number of carbonyl (C=O) groups is 2. The highest BCUT2D eigenvalue weighted by Gasteiger charge is 2.27. The van der Waals surface area contributed by atoms with Gasteiger partial charge in [-0.2, -0.15) is 5.10 Å². The Morgan fingerprint density at radius 1 is 1.19 bits per heavy atom. The van der Waals surface area contributed by atoms with Crippen molar-refractivity contribution in [2.24, 2.45) is 0 Å². The van der Waals surface area contributed by atoms with Gasteiger partial charge in [0.05, 0.1) is 11.7 Å². The second-order valence-electron chi connectivity index (χ2n) is 6.65. The number of thiophene rings is 1. The van der Waals surface area contributed by atoms with Crippen LogP contribution in [0.3, 0.4) is 0 Å². The van der Waals surface area contributed by atoms with Crippen LogP contribution in [-0.4, -0.2) is 28.1 Å². The Hall–Kier alpha value is -3.19. The Kier molecular flexibility index (Phi) is 3.68. The molecule has 1 fully saturated rings. The van der Waals surface area contributed by atoms with Crippen LogP contribution < -0.4 is 10.6 Å². The molecule has 134 valence electrons. The third kappa shape index (κ3) is 2.86. The number of fused-ring (bicyclic) bond motifs is 2. The predicted octanol–water partition coefficient (Wildman–Crippen LogP) is 3.66. The largest absolute Gasteiger partial charge is 0.344 e. The minimum atomic E-state index is -0.467. The molecule has 0 unspecified atom stereocenters. The van der Waals surface area contributed by atoms with Gasteiger partial charge < -0.3 is 10.6 Å². The van der Waals surface area contributed by atoms with E-state index in [0.29, 0.717) is 18.5 Å². The summed E-state index contributed by atoms with van der Waals surface area (Å²) < 4.78 is 1.21. The second-order valence-corrected chi connectivity index (χ2v) is 7.74. The molecule has 7 heteroatoms. The molecule has 3 heterocycles. The van der Waals surface area contributed by atoms with Crippen LogP contribution >= 0.6 is 11.3 Å². The normalized spacial score (nSPS) is 16.7. The number of aromatic amines is 1. The molecular formula is C20H16N4O2S. The number of rotatable bonds is 3. The maximum atomic E-state index is 12.5. The molecule has 27 heavy (non-hydrogen) atoms. The van der Waals surface area contributed by atoms with Gasteiger partial charge in [-0.15, -0.1) is 11.3 Å².